The Morgan fingerprint density at radius 1 is 1.07 bits per heavy atom. The fraction of sp³-hybridized carbons (Fsp3) is 0.167. The fourth-order valence-electron chi connectivity index (χ4n) is 2.56. The standard InChI is InChI=1S/C24H23ClN2O2S/c1-18-6-12-22(13-7-18)30-15-14-24(28)27-26-16-19-8-10-21(11-9-19)29-17-20-4-2-3-5-23(20)25/h2-13,16H,14-15,17H2,1H3,(H,27,28)/b26-16-. The van der Waals surface area contributed by atoms with Gasteiger partial charge >= 0.3 is 0 Å². The summed E-state index contributed by atoms with van der Waals surface area (Å²) in [6.07, 6.45) is 2.02. The average molecular weight is 439 g/mol. The third kappa shape index (κ3) is 7.25. The Hall–Kier alpha value is -2.76. The molecule has 30 heavy (non-hydrogen) atoms. The number of rotatable bonds is 9. The molecule has 154 valence electrons. The predicted octanol–water partition coefficient (Wildman–Crippen LogP) is 5.86. The number of hydrogen-bond donors (Lipinski definition) is 1. The van der Waals surface area contributed by atoms with Gasteiger partial charge in [-0.05, 0) is 55.0 Å². The average Bonchev–Trinajstić information content (AvgIpc) is 2.75. The molecule has 1 amide bonds. The highest BCUT2D eigenvalue weighted by atomic mass is 35.5. The van der Waals surface area contributed by atoms with Crippen LogP contribution in [0.5, 0.6) is 5.75 Å². The molecule has 0 atom stereocenters. The van der Waals surface area contributed by atoms with Crippen LogP contribution in [0.4, 0.5) is 0 Å². The minimum atomic E-state index is -0.106. The van der Waals surface area contributed by atoms with Gasteiger partial charge in [0.2, 0.25) is 5.91 Å². The molecule has 0 spiro atoms. The van der Waals surface area contributed by atoms with Crippen molar-refractivity contribution >= 4 is 35.5 Å². The van der Waals surface area contributed by atoms with Gasteiger partial charge in [0.1, 0.15) is 12.4 Å². The molecule has 0 fully saturated rings. The number of aryl methyl sites for hydroxylation is 1. The summed E-state index contributed by atoms with van der Waals surface area (Å²) in [5, 5.41) is 4.71. The summed E-state index contributed by atoms with van der Waals surface area (Å²) in [5.74, 6) is 1.34. The Morgan fingerprint density at radius 3 is 2.53 bits per heavy atom. The van der Waals surface area contributed by atoms with Crippen molar-refractivity contribution in [2.24, 2.45) is 5.10 Å². The molecule has 0 radical (unpaired) electrons. The lowest BCUT2D eigenvalue weighted by Crippen LogP contribution is -2.17. The molecule has 6 heteroatoms. The van der Waals surface area contributed by atoms with E-state index in [1.165, 1.54) is 5.56 Å². The Kier molecular flexibility index (Phi) is 8.36. The number of thioether (sulfide) groups is 1. The molecule has 3 aromatic carbocycles. The van der Waals surface area contributed by atoms with Crippen molar-refractivity contribution in [3.8, 4) is 5.75 Å². The van der Waals surface area contributed by atoms with Crippen LogP contribution in [0.3, 0.4) is 0 Å². The van der Waals surface area contributed by atoms with Gasteiger partial charge in [0.15, 0.2) is 0 Å². The van der Waals surface area contributed by atoms with Crippen molar-refractivity contribution in [2.75, 3.05) is 5.75 Å². The maximum Gasteiger partial charge on any atom is 0.240 e. The Labute approximate surface area is 186 Å². The number of benzene rings is 3. The summed E-state index contributed by atoms with van der Waals surface area (Å²) in [6, 6.07) is 23.4. The van der Waals surface area contributed by atoms with Crippen LogP contribution in [0.1, 0.15) is 23.1 Å². The number of ether oxygens (including phenoxy) is 1. The van der Waals surface area contributed by atoms with Crippen LogP contribution in [0.2, 0.25) is 5.02 Å². The number of nitrogens with one attached hydrogen (secondary N) is 1. The SMILES string of the molecule is Cc1ccc(SCCC(=O)N/N=C\c2ccc(OCc3ccccc3Cl)cc2)cc1. The number of halogens is 1. The van der Waals surface area contributed by atoms with Crippen LogP contribution < -0.4 is 10.2 Å². The van der Waals surface area contributed by atoms with Gasteiger partial charge in [0.25, 0.3) is 0 Å². The quantitative estimate of drug-likeness (QED) is 0.258. The van der Waals surface area contributed by atoms with Crippen LogP contribution >= 0.6 is 23.4 Å². The molecule has 0 aliphatic heterocycles. The third-order valence-electron chi connectivity index (χ3n) is 4.25. The molecule has 0 saturated heterocycles. The highest BCUT2D eigenvalue weighted by Crippen LogP contribution is 2.19. The van der Waals surface area contributed by atoms with E-state index >= 15 is 0 Å². The second-order valence-corrected chi connectivity index (χ2v) is 8.23. The molecular weight excluding hydrogens is 416 g/mol. The molecule has 1 N–H and O–H groups in total. The van der Waals surface area contributed by atoms with E-state index in [0.29, 0.717) is 23.8 Å². The van der Waals surface area contributed by atoms with Crippen LogP contribution in [-0.2, 0) is 11.4 Å². The fourth-order valence-corrected chi connectivity index (χ4v) is 3.60. The zero-order valence-corrected chi connectivity index (χ0v) is 18.2. The molecule has 0 saturated carbocycles. The van der Waals surface area contributed by atoms with Crippen molar-refractivity contribution in [3.05, 3.63) is 94.5 Å². The molecule has 0 heterocycles. The zero-order chi connectivity index (χ0) is 21.2. The van der Waals surface area contributed by atoms with E-state index < -0.39 is 0 Å². The highest BCUT2D eigenvalue weighted by Gasteiger charge is 2.02. The highest BCUT2D eigenvalue weighted by molar-refractivity contribution is 7.99. The zero-order valence-electron chi connectivity index (χ0n) is 16.7. The first-order valence-electron chi connectivity index (χ1n) is 9.58. The molecule has 4 nitrogen and oxygen atoms in total. The Balaban J connectivity index is 1.38. The van der Waals surface area contributed by atoms with Crippen LogP contribution in [0.25, 0.3) is 0 Å². The summed E-state index contributed by atoms with van der Waals surface area (Å²) in [5.41, 5.74) is 5.60. The lowest BCUT2D eigenvalue weighted by molar-refractivity contribution is -0.120. The first-order chi connectivity index (χ1) is 14.6. The third-order valence-corrected chi connectivity index (χ3v) is 5.64. The summed E-state index contributed by atoms with van der Waals surface area (Å²) < 4.78 is 5.76. The van der Waals surface area contributed by atoms with Crippen LogP contribution in [-0.4, -0.2) is 17.9 Å². The number of hydrazone groups is 1. The van der Waals surface area contributed by atoms with Gasteiger partial charge in [-0.25, -0.2) is 5.43 Å². The molecule has 0 aromatic heterocycles. The largest absolute Gasteiger partial charge is 0.489 e. The van der Waals surface area contributed by atoms with Gasteiger partial charge in [0.05, 0.1) is 6.21 Å². The van der Waals surface area contributed by atoms with Crippen molar-refractivity contribution in [3.63, 3.8) is 0 Å². The maximum absolute atomic E-state index is 11.9. The van der Waals surface area contributed by atoms with Crippen LogP contribution in [0.15, 0.2) is 82.8 Å². The van der Waals surface area contributed by atoms with Gasteiger partial charge < -0.3 is 4.74 Å². The van der Waals surface area contributed by atoms with Gasteiger partial charge in [-0.15, -0.1) is 11.8 Å². The first kappa shape index (κ1) is 21.9. The number of carbonyl (C=O) groups excluding carboxylic acids is 1. The normalized spacial score (nSPS) is 10.9. The van der Waals surface area contributed by atoms with E-state index in [-0.39, 0.29) is 5.91 Å². The van der Waals surface area contributed by atoms with E-state index in [1.54, 1.807) is 18.0 Å². The summed E-state index contributed by atoms with van der Waals surface area (Å²) >= 11 is 7.79. The van der Waals surface area contributed by atoms with E-state index in [4.69, 9.17) is 16.3 Å². The van der Waals surface area contributed by atoms with E-state index in [9.17, 15) is 4.79 Å². The predicted molar refractivity (Wildman–Crippen MR) is 124 cm³/mol. The molecule has 0 aliphatic rings. The lowest BCUT2D eigenvalue weighted by atomic mass is 10.2. The second kappa shape index (κ2) is 11.4. The van der Waals surface area contributed by atoms with Crippen LogP contribution in [0, 0.1) is 6.92 Å². The monoisotopic (exact) mass is 438 g/mol. The lowest BCUT2D eigenvalue weighted by Gasteiger charge is -2.07. The van der Waals surface area contributed by atoms with E-state index in [0.717, 1.165) is 21.8 Å². The summed E-state index contributed by atoms with van der Waals surface area (Å²) in [4.78, 5) is 13.1. The topological polar surface area (TPSA) is 50.7 Å². The van der Waals surface area contributed by atoms with Crippen molar-refractivity contribution in [2.45, 2.75) is 24.8 Å². The van der Waals surface area contributed by atoms with Gasteiger partial charge in [0, 0.05) is 27.7 Å². The number of amides is 1. The second-order valence-electron chi connectivity index (χ2n) is 6.65. The number of carbonyl (C=O) groups is 1. The van der Waals surface area contributed by atoms with Gasteiger partial charge in [-0.2, -0.15) is 5.10 Å². The van der Waals surface area contributed by atoms with Crippen molar-refractivity contribution < 1.29 is 9.53 Å². The summed E-state index contributed by atoms with van der Waals surface area (Å²) in [6.45, 7) is 2.46. The molecule has 0 aliphatic carbocycles. The minimum absolute atomic E-state index is 0.106. The minimum Gasteiger partial charge on any atom is -0.489 e. The molecule has 0 unspecified atom stereocenters. The molecular formula is C24H23ClN2O2S. The van der Waals surface area contributed by atoms with Crippen molar-refractivity contribution in [1.29, 1.82) is 0 Å². The number of nitrogens with zero attached hydrogens (tertiary/aromatic N) is 1. The van der Waals surface area contributed by atoms with Crippen molar-refractivity contribution in [1.82, 2.24) is 5.43 Å². The molecule has 3 aromatic rings. The smallest absolute Gasteiger partial charge is 0.240 e. The van der Waals surface area contributed by atoms with E-state index in [1.807, 2.05) is 48.5 Å². The summed E-state index contributed by atoms with van der Waals surface area (Å²) in [7, 11) is 0. The molecule has 0 bridgehead atoms. The maximum atomic E-state index is 11.9. The molecule has 3 rings (SSSR count). The Bertz CT molecular complexity index is 989. The first-order valence-corrected chi connectivity index (χ1v) is 10.9. The van der Waals surface area contributed by atoms with Gasteiger partial charge in [-0.1, -0.05) is 47.5 Å². The number of hydrogen-bond acceptors (Lipinski definition) is 4. The van der Waals surface area contributed by atoms with E-state index in [2.05, 4.69) is 41.7 Å². The Morgan fingerprint density at radius 2 is 1.80 bits per heavy atom. The van der Waals surface area contributed by atoms with Gasteiger partial charge in [-0.3, -0.25) is 4.79 Å².